The molecule has 0 spiro atoms. The number of esters is 1. The van der Waals surface area contributed by atoms with E-state index in [1.807, 2.05) is 0 Å². The lowest BCUT2D eigenvalue weighted by Crippen LogP contribution is -2.27. The third-order valence-electron chi connectivity index (χ3n) is 3.38. The molecule has 0 bridgehead atoms. The van der Waals surface area contributed by atoms with Gasteiger partial charge in [0.2, 0.25) is 0 Å². The van der Waals surface area contributed by atoms with Crippen LogP contribution < -0.4 is 0 Å². The molecule has 106 valence electrons. The van der Waals surface area contributed by atoms with Crippen molar-refractivity contribution < 1.29 is 24.5 Å². The summed E-state index contributed by atoms with van der Waals surface area (Å²) in [6, 6.07) is 0. The number of carbonyl (C=O) groups excluding carboxylic acids is 1. The molecule has 0 aliphatic carbocycles. The van der Waals surface area contributed by atoms with Crippen LogP contribution in [0.25, 0.3) is 0 Å². The second-order valence-electron chi connectivity index (χ2n) is 4.86. The second kappa shape index (κ2) is 7.71. The maximum Gasteiger partial charge on any atom is 0.308 e. The molecule has 0 radical (unpaired) electrons. The third kappa shape index (κ3) is 4.55. The van der Waals surface area contributed by atoms with Crippen LogP contribution >= 0.6 is 0 Å². The predicted molar refractivity (Wildman–Crippen MR) is 66.1 cm³/mol. The van der Waals surface area contributed by atoms with Crippen LogP contribution in [0.15, 0.2) is 0 Å². The molecule has 1 saturated heterocycles. The van der Waals surface area contributed by atoms with E-state index in [0.717, 1.165) is 19.3 Å². The Kier molecular flexibility index (Phi) is 6.60. The molecular formula is C13H24O5. The minimum atomic E-state index is -0.699. The summed E-state index contributed by atoms with van der Waals surface area (Å²) in [7, 11) is 1.31. The highest BCUT2D eigenvalue weighted by atomic mass is 16.5. The molecule has 5 nitrogen and oxygen atoms in total. The van der Waals surface area contributed by atoms with E-state index in [-0.39, 0.29) is 12.5 Å². The van der Waals surface area contributed by atoms with Gasteiger partial charge in [0.1, 0.15) is 0 Å². The molecular weight excluding hydrogens is 236 g/mol. The molecule has 0 saturated carbocycles. The first-order valence-electron chi connectivity index (χ1n) is 6.66. The standard InChI is InChI=1S/C13H24O5/c1-3-4-5-6-9(14)11-7-10(15)12(18-11)8-13(16)17-2/h9-12,14-15H,3-8H2,1-2H3/t9?,10-,11-,12+/m1/s1. The minimum Gasteiger partial charge on any atom is -0.469 e. The summed E-state index contributed by atoms with van der Waals surface area (Å²) < 4.78 is 10.1. The van der Waals surface area contributed by atoms with E-state index in [1.165, 1.54) is 7.11 Å². The summed E-state index contributed by atoms with van der Waals surface area (Å²) in [5.74, 6) is -0.403. The monoisotopic (exact) mass is 260 g/mol. The molecule has 5 heteroatoms. The Balaban J connectivity index is 2.35. The summed E-state index contributed by atoms with van der Waals surface area (Å²) in [5.41, 5.74) is 0. The molecule has 4 atom stereocenters. The highest BCUT2D eigenvalue weighted by Gasteiger charge is 2.38. The lowest BCUT2D eigenvalue weighted by molar-refractivity contribution is -0.145. The summed E-state index contributed by atoms with van der Waals surface area (Å²) in [5, 5.41) is 19.7. The van der Waals surface area contributed by atoms with E-state index in [9.17, 15) is 15.0 Å². The molecule has 1 aliphatic heterocycles. The number of hydrogen-bond donors (Lipinski definition) is 2. The van der Waals surface area contributed by atoms with Gasteiger partial charge < -0.3 is 19.7 Å². The highest BCUT2D eigenvalue weighted by Crippen LogP contribution is 2.27. The van der Waals surface area contributed by atoms with Crippen molar-refractivity contribution in [1.82, 2.24) is 0 Å². The Morgan fingerprint density at radius 2 is 2.22 bits per heavy atom. The zero-order valence-corrected chi connectivity index (χ0v) is 11.2. The highest BCUT2D eigenvalue weighted by molar-refractivity contribution is 5.69. The van der Waals surface area contributed by atoms with E-state index in [1.54, 1.807) is 0 Å². The molecule has 1 rings (SSSR count). The van der Waals surface area contributed by atoms with Crippen LogP contribution in [0.2, 0.25) is 0 Å². The van der Waals surface area contributed by atoms with Gasteiger partial charge in [0.25, 0.3) is 0 Å². The van der Waals surface area contributed by atoms with Gasteiger partial charge in [-0.15, -0.1) is 0 Å². The lowest BCUT2D eigenvalue weighted by Gasteiger charge is -2.18. The van der Waals surface area contributed by atoms with Gasteiger partial charge in [0.15, 0.2) is 0 Å². The van der Waals surface area contributed by atoms with Crippen LogP contribution in [-0.4, -0.2) is 47.7 Å². The van der Waals surface area contributed by atoms with Crippen molar-refractivity contribution in [1.29, 1.82) is 0 Å². The van der Waals surface area contributed by atoms with Crippen molar-refractivity contribution in [3.63, 3.8) is 0 Å². The number of aliphatic hydroxyl groups excluding tert-OH is 2. The molecule has 0 amide bonds. The van der Waals surface area contributed by atoms with Gasteiger partial charge in [-0.1, -0.05) is 26.2 Å². The fourth-order valence-corrected chi connectivity index (χ4v) is 2.23. The molecule has 1 unspecified atom stereocenters. The maximum atomic E-state index is 11.1. The summed E-state index contributed by atoms with van der Waals surface area (Å²) in [6.07, 6.45) is 2.05. The Morgan fingerprint density at radius 3 is 2.83 bits per heavy atom. The molecule has 0 aromatic heterocycles. The number of ether oxygens (including phenoxy) is 2. The van der Waals surface area contributed by atoms with Gasteiger partial charge >= 0.3 is 5.97 Å². The van der Waals surface area contributed by atoms with Gasteiger partial charge in [-0.2, -0.15) is 0 Å². The SMILES string of the molecule is CCCCCC(O)[C@H]1C[C@@H](O)[C@H](CC(=O)OC)O1. The van der Waals surface area contributed by atoms with Gasteiger partial charge in [0, 0.05) is 6.42 Å². The number of carbonyl (C=O) groups is 1. The van der Waals surface area contributed by atoms with Crippen LogP contribution in [0.5, 0.6) is 0 Å². The van der Waals surface area contributed by atoms with Crippen LogP contribution in [0.4, 0.5) is 0 Å². The zero-order chi connectivity index (χ0) is 13.5. The molecule has 1 aliphatic rings. The first kappa shape index (κ1) is 15.4. The van der Waals surface area contributed by atoms with Gasteiger partial charge in [-0.3, -0.25) is 4.79 Å². The van der Waals surface area contributed by atoms with Crippen LogP contribution in [0, 0.1) is 0 Å². The fourth-order valence-electron chi connectivity index (χ4n) is 2.23. The normalized spacial score (nSPS) is 29.2. The van der Waals surface area contributed by atoms with Crippen molar-refractivity contribution in [3.05, 3.63) is 0 Å². The summed E-state index contributed by atoms with van der Waals surface area (Å²) in [4.78, 5) is 11.1. The Labute approximate surface area is 108 Å². The van der Waals surface area contributed by atoms with Crippen LogP contribution in [-0.2, 0) is 14.3 Å². The zero-order valence-electron chi connectivity index (χ0n) is 11.2. The average Bonchev–Trinajstić information content (AvgIpc) is 2.71. The first-order valence-corrected chi connectivity index (χ1v) is 6.66. The Bertz CT molecular complexity index is 256. The largest absolute Gasteiger partial charge is 0.469 e. The average molecular weight is 260 g/mol. The first-order chi connectivity index (χ1) is 8.58. The lowest BCUT2D eigenvalue weighted by atomic mass is 10.0. The number of methoxy groups -OCH3 is 1. The molecule has 0 aromatic rings. The van der Waals surface area contributed by atoms with Crippen molar-refractivity contribution in [2.75, 3.05) is 7.11 Å². The quantitative estimate of drug-likeness (QED) is 0.528. The van der Waals surface area contributed by atoms with E-state index in [2.05, 4.69) is 11.7 Å². The maximum absolute atomic E-state index is 11.1. The van der Waals surface area contributed by atoms with Crippen molar-refractivity contribution in [2.45, 2.75) is 69.9 Å². The summed E-state index contributed by atoms with van der Waals surface area (Å²) >= 11 is 0. The van der Waals surface area contributed by atoms with E-state index < -0.39 is 24.3 Å². The summed E-state index contributed by atoms with van der Waals surface area (Å²) in [6.45, 7) is 2.11. The molecule has 18 heavy (non-hydrogen) atoms. The molecule has 1 fully saturated rings. The number of hydrogen-bond acceptors (Lipinski definition) is 5. The smallest absolute Gasteiger partial charge is 0.308 e. The fraction of sp³-hybridized carbons (Fsp3) is 0.923. The predicted octanol–water partition coefficient (Wildman–Crippen LogP) is 1.01. The van der Waals surface area contributed by atoms with Crippen LogP contribution in [0.3, 0.4) is 0 Å². The Hall–Kier alpha value is -0.650. The van der Waals surface area contributed by atoms with Gasteiger partial charge in [0.05, 0.1) is 37.9 Å². The molecule has 1 heterocycles. The van der Waals surface area contributed by atoms with Crippen molar-refractivity contribution in [3.8, 4) is 0 Å². The topological polar surface area (TPSA) is 76.0 Å². The van der Waals surface area contributed by atoms with E-state index in [4.69, 9.17) is 4.74 Å². The van der Waals surface area contributed by atoms with E-state index >= 15 is 0 Å². The van der Waals surface area contributed by atoms with Crippen LogP contribution in [0.1, 0.15) is 45.4 Å². The van der Waals surface area contributed by atoms with Crippen molar-refractivity contribution >= 4 is 5.97 Å². The van der Waals surface area contributed by atoms with Gasteiger partial charge in [-0.25, -0.2) is 0 Å². The molecule has 0 aromatic carbocycles. The second-order valence-corrected chi connectivity index (χ2v) is 4.86. The van der Waals surface area contributed by atoms with Crippen molar-refractivity contribution in [2.24, 2.45) is 0 Å². The van der Waals surface area contributed by atoms with E-state index in [0.29, 0.717) is 12.8 Å². The third-order valence-corrected chi connectivity index (χ3v) is 3.38. The number of unbranched alkanes of at least 4 members (excludes halogenated alkanes) is 2. The van der Waals surface area contributed by atoms with Gasteiger partial charge in [-0.05, 0) is 6.42 Å². The molecule has 2 N–H and O–H groups in total. The Morgan fingerprint density at radius 1 is 1.50 bits per heavy atom. The minimum absolute atomic E-state index is 0.0375. The number of aliphatic hydroxyl groups is 2. The number of rotatable bonds is 7.